The second-order valence-electron chi connectivity index (χ2n) is 4.36. The lowest BCUT2D eigenvalue weighted by Crippen LogP contribution is -2.17. The minimum atomic E-state index is -0.273. The number of likely N-dealkylation sites (tertiary alicyclic amines) is 1. The Balaban J connectivity index is 1.94. The van der Waals surface area contributed by atoms with Crippen LogP contribution in [0.15, 0.2) is 28.9 Å². The quantitative estimate of drug-likeness (QED) is 0.771. The van der Waals surface area contributed by atoms with E-state index < -0.39 is 0 Å². The normalized spacial score (nSPS) is 17.3. The summed E-state index contributed by atoms with van der Waals surface area (Å²) in [7, 11) is 0. The van der Waals surface area contributed by atoms with Crippen LogP contribution in [-0.4, -0.2) is 18.0 Å². The molecule has 0 N–H and O–H groups in total. The first-order chi connectivity index (χ1) is 7.84. The van der Waals surface area contributed by atoms with Crippen LogP contribution in [0.1, 0.15) is 18.4 Å². The first kappa shape index (κ1) is 9.85. The van der Waals surface area contributed by atoms with Crippen molar-refractivity contribution in [2.75, 3.05) is 13.1 Å². The third-order valence-electron chi connectivity index (χ3n) is 3.22. The van der Waals surface area contributed by atoms with Gasteiger partial charge in [-0.1, -0.05) is 12.1 Å². The minimum Gasteiger partial charge on any atom is -0.461 e. The molecule has 1 aliphatic rings. The Morgan fingerprint density at radius 3 is 2.88 bits per heavy atom. The molecule has 1 saturated heterocycles. The fourth-order valence-electron chi connectivity index (χ4n) is 2.38. The van der Waals surface area contributed by atoms with Crippen molar-refractivity contribution >= 4 is 11.0 Å². The first-order valence-electron chi connectivity index (χ1n) is 5.71. The molecule has 1 fully saturated rings. The Hall–Kier alpha value is -1.35. The van der Waals surface area contributed by atoms with E-state index in [1.807, 2.05) is 6.07 Å². The number of fused-ring (bicyclic) bond motifs is 1. The average Bonchev–Trinajstić information content (AvgIpc) is 2.90. The van der Waals surface area contributed by atoms with E-state index in [0.29, 0.717) is 5.58 Å². The molecule has 1 aromatic carbocycles. The molecule has 2 heterocycles. The van der Waals surface area contributed by atoms with Gasteiger partial charge in [0.25, 0.3) is 0 Å². The van der Waals surface area contributed by atoms with Crippen molar-refractivity contribution in [3.8, 4) is 0 Å². The summed E-state index contributed by atoms with van der Waals surface area (Å²) in [6.07, 6.45) is 4.22. The molecule has 0 amide bonds. The number of benzene rings is 1. The van der Waals surface area contributed by atoms with Gasteiger partial charge in [-0.2, -0.15) is 0 Å². The van der Waals surface area contributed by atoms with E-state index in [0.717, 1.165) is 30.6 Å². The molecule has 1 aliphatic heterocycles. The van der Waals surface area contributed by atoms with E-state index in [2.05, 4.69) is 4.90 Å². The predicted octanol–water partition coefficient (Wildman–Crippen LogP) is 3.17. The van der Waals surface area contributed by atoms with Crippen LogP contribution in [-0.2, 0) is 6.54 Å². The largest absolute Gasteiger partial charge is 0.461 e. The summed E-state index contributed by atoms with van der Waals surface area (Å²) in [4.78, 5) is 2.38. The van der Waals surface area contributed by atoms with Crippen molar-refractivity contribution in [3.05, 3.63) is 35.8 Å². The van der Waals surface area contributed by atoms with Gasteiger partial charge in [0, 0.05) is 17.5 Å². The Morgan fingerprint density at radius 2 is 2.06 bits per heavy atom. The Morgan fingerprint density at radius 1 is 1.25 bits per heavy atom. The molecule has 84 valence electrons. The molecule has 3 rings (SSSR count). The van der Waals surface area contributed by atoms with Crippen LogP contribution in [0, 0.1) is 5.82 Å². The highest BCUT2D eigenvalue weighted by atomic mass is 19.1. The fourth-order valence-corrected chi connectivity index (χ4v) is 2.38. The van der Waals surface area contributed by atoms with Crippen LogP contribution in [0.2, 0.25) is 0 Å². The second kappa shape index (κ2) is 3.91. The highest BCUT2D eigenvalue weighted by Gasteiger charge is 2.15. The lowest BCUT2D eigenvalue weighted by atomic mass is 10.1. The van der Waals surface area contributed by atoms with Crippen molar-refractivity contribution in [2.45, 2.75) is 19.4 Å². The molecule has 0 radical (unpaired) electrons. The van der Waals surface area contributed by atoms with E-state index >= 15 is 0 Å². The van der Waals surface area contributed by atoms with Gasteiger partial charge in [-0.3, -0.25) is 4.90 Å². The van der Waals surface area contributed by atoms with Gasteiger partial charge in [-0.05, 0) is 32.0 Å². The number of nitrogens with zero attached hydrogens (tertiary/aromatic N) is 1. The number of hydrogen-bond donors (Lipinski definition) is 0. The van der Waals surface area contributed by atoms with Gasteiger partial charge in [-0.25, -0.2) is 4.39 Å². The van der Waals surface area contributed by atoms with Crippen LogP contribution < -0.4 is 0 Å². The molecule has 0 spiro atoms. The van der Waals surface area contributed by atoms with E-state index in [-0.39, 0.29) is 5.82 Å². The summed E-state index contributed by atoms with van der Waals surface area (Å²) in [6, 6.07) is 5.10. The van der Waals surface area contributed by atoms with Crippen LogP contribution in [0.4, 0.5) is 4.39 Å². The van der Waals surface area contributed by atoms with Gasteiger partial charge < -0.3 is 4.42 Å². The predicted molar refractivity (Wildman–Crippen MR) is 60.7 cm³/mol. The molecule has 0 saturated carbocycles. The van der Waals surface area contributed by atoms with Gasteiger partial charge in [0.05, 0.1) is 6.26 Å². The number of furan rings is 1. The summed E-state index contributed by atoms with van der Waals surface area (Å²) in [6.45, 7) is 3.15. The van der Waals surface area contributed by atoms with Crippen molar-refractivity contribution in [2.24, 2.45) is 0 Å². The van der Waals surface area contributed by atoms with E-state index in [1.54, 1.807) is 12.3 Å². The molecule has 0 aliphatic carbocycles. The molecule has 16 heavy (non-hydrogen) atoms. The van der Waals surface area contributed by atoms with Gasteiger partial charge in [0.2, 0.25) is 0 Å². The third-order valence-corrected chi connectivity index (χ3v) is 3.22. The Bertz CT molecular complexity index is 500. The standard InChI is InChI=1S/C13H14FNO/c14-12-5-3-4-11-10(9-16-13(11)12)8-15-6-1-2-7-15/h3-5,9H,1-2,6-8H2. The van der Waals surface area contributed by atoms with Crippen LogP contribution in [0.5, 0.6) is 0 Å². The molecular weight excluding hydrogens is 205 g/mol. The van der Waals surface area contributed by atoms with Crippen LogP contribution >= 0.6 is 0 Å². The first-order valence-corrected chi connectivity index (χ1v) is 5.71. The number of halogens is 1. The molecule has 3 heteroatoms. The summed E-state index contributed by atoms with van der Waals surface area (Å²) in [5.41, 5.74) is 1.48. The van der Waals surface area contributed by atoms with Gasteiger partial charge in [-0.15, -0.1) is 0 Å². The van der Waals surface area contributed by atoms with Gasteiger partial charge in [0.15, 0.2) is 11.4 Å². The van der Waals surface area contributed by atoms with Crippen molar-refractivity contribution in [3.63, 3.8) is 0 Å². The topological polar surface area (TPSA) is 16.4 Å². The van der Waals surface area contributed by atoms with E-state index in [1.165, 1.54) is 18.9 Å². The van der Waals surface area contributed by atoms with Crippen molar-refractivity contribution in [1.29, 1.82) is 0 Å². The second-order valence-corrected chi connectivity index (χ2v) is 4.36. The van der Waals surface area contributed by atoms with Crippen molar-refractivity contribution < 1.29 is 8.81 Å². The highest BCUT2D eigenvalue weighted by molar-refractivity contribution is 5.81. The molecule has 2 aromatic rings. The molecule has 1 aromatic heterocycles. The van der Waals surface area contributed by atoms with Crippen LogP contribution in [0.25, 0.3) is 11.0 Å². The molecule has 0 bridgehead atoms. The minimum absolute atomic E-state index is 0.273. The maximum atomic E-state index is 13.4. The Labute approximate surface area is 93.7 Å². The Kier molecular flexibility index (Phi) is 2.40. The van der Waals surface area contributed by atoms with Gasteiger partial charge >= 0.3 is 0 Å². The molecule has 2 nitrogen and oxygen atoms in total. The smallest absolute Gasteiger partial charge is 0.169 e. The summed E-state index contributed by atoms with van der Waals surface area (Å²) >= 11 is 0. The number of rotatable bonds is 2. The van der Waals surface area contributed by atoms with E-state index in [9.17, 15) is 4.39 Å². The summed E-state index contributed by atoms with van der Waals surface area (Å²) in [5.74, 6) is -0.273. The lowest BCUT2D eigenvalue weighted by Gasteiger charge is -2.12. The SMILES string of the molecule is Fc1cccc2c(CN3CCCC3)coc12. The van der Waals surface area contributed by atoms with Crippen LogP contribution in [0.3, 0.4) is 0 Å². The summed E-state index contributed by atoms with van der Waals surface area (Å²) < 4.78 is 18.7. The van der Waals surface area contributed by atoms with Crippen molar-refractivity contribution in [1.82, 2.24) is 4.90 Å². The zero-order valence-electron chi connectivity index (χ0n) is 9.08. The molecular formula is C13H14FNO. The highest BCUT2D eigenvalue weighted by Crippen LogP contribution is 2.25. The van der Waals surface area contributed by atoms with E-state index in [4.69, 9.17) is 4.42 Å². The average molecular weight is 219 g/mol. The monoisotopic (exact) mass is 219 g/mol. The lowest BCUT2D eigenvalue weighted by molar-refractivity contribution is 0.331. The molecule has 0 unspecified atom stereocenters. The summed E-state index contributed by atoms with van der Waals surface area (Å²) in [5, 5.41) is 0.909. The number of para-hydroxylation sites is 1. The number of hydrogen-bond acceptors (Lipinski definition) is 2. The molecule has 0 atom stereocenters. The fraction of sp³-hybridized carbons (Fsp3) is 0.385. The zero-order chi connectivity index (χ0) is 11.0. The third kappa shape index (κ3) is 1.61. The maximum Gasteiger partial charge on any atom is 0.169 e. The zero-order valence-corrected chi connectivity index (χ0v) is 9.08. The van der Waals surface area contributed by atoms with Gasteiger partial charge in [0.1, 0.15) is 0 Å². The maximum absolute atomic E-state index is 13.4.